The summed E-state index contributed by atoms with van der Waals surface area (Å²) in [5.74, 6) is -3.16. The SMILES string of the molecule is CCOC(=O)C1=NN[C@H](C)[C@@H](C(=O)OC)[C@@H]1c1ccccc1[N+](=O)[O-]. The van der Waals surface area contributed by atoms with Crippen LogP contribution in [-0.2, 0) is 19.1 Å². The molecule has 0 aliphatic carbocycles. The molecule has 0 bridgehead atoms. The van der Waals surface area contributed by atoms with Crippen LogP contribution < -0.4 is 5.43 Å². The highest BCUT2D eigenvalue weighted by atomic mass is 16.6. The van der Waals surface area contributed by atoms with Crippen molar-refractivity contribution in [2.75, 3.05) is 13.7 Å². The van der Waals surface area contributed by atoms with E-state index >= 15 is 0 Å². The van der Waals surface area contributed by atoms with Crippen molar-refractivity contribution < 1.29 is 24.0 Å². The van der Waals surface area contributed by atoms with Crippen molar-refractivity contribution in [1.82, 2.24) is 5.43 Å². The van der Waals surface area contributed by atoms with Crippen LogP contribution in [0.2, 0.25) is 0 Å². The summed E-state index contributed by atoms with van der Waals surface area (Å²) in [6, 6.07) is 5.45. The highest BCUT2D eigenvalue weighted by Crippen LogP contribution is 2.37. The first-order chi connectivity index (χ1) is 11.9. The molecule has 0 saturated carbocycles. The molecule has 1 aliphatic heterocycles. The maximum absolute atomic E-state index is 12.3. The van der Waals surface area contributed by atoms with E-state index in [-0.39, 0.29) is 23.6 Å². The molecule has 1 aromatic rings. The number of nitrogens with zero attached hydrogens (tertiary/aromatic N) is 2. The molecule has 0 aromatic heterocycles. The van der Waals surface area contributed by atoms with Crippen LogP contribution in [0.5, 0.6) is 0 Å². The third-order valence-corrected chi connectivity index (χ3v) is 4.01. The fourth-order valence-electron chi connectivity index (χ4n) is 2.89. The Bertz CT molecular complexity index is 718. The number of carbonyl (C=O) groups is 2. The lowest BCUT2D eigenvalue weighted by atomic mass is 9.77. The van der Waals surface area contributed by atoms with Gasteiger partial charge in [-0.1, -0.05) is 18.2 Å². The Hall–Kier alpha value is -2.97. The van der Waals surface area contributed by atoms with Gasteiger partial charge in [0, 0.05) is 11.6 Å². The Morgan fingerprint density at radius 2 is 2.04 bits per heavy atom. The molecule has 0 saturated heterocycles. The summed E-state index contributed by atoms with van der Waals surface area (Å²) in [6.45, 7) is 3.43. The fourth-order valence-corrected chi connectivity index (χ4v) is 2.89. The molecule has 1 aromatic carbocycles. The zero-order valence-corrected chi connectivity index (χ0v) is 14.1. The molecule has 1 aliphatic rings. The Morgan fingerprint density at radius 1 is 1.36 bits per heavy atom. The number of ether oxygens (including phenoxy) is 2. The lowest BCUT2D eigenvalue weighted by Gasteiger charge is -2.33. The highest BCUT2D eigenvalue weighted by molar-refractivity contribution is 6.39. The summed E-state index contributed by atoms with van der Waals surface area (Å²) in [5, 5.41) is 15.4. The molecule has 9 nitrogen and oxygen atoms in total. The van der Waals surface area contributed by atoms with Crippen molar-refractivity contribution in [3.63, 3.8) is 0 Å². The van der Waals surface area contributed by atoms with Gasteiger partial charge in [-0.15, -0.1) is 0 Å². The van der Waals surface area contributed by atoms with Crippen LogP contribution in [-0.4, -0.2) is 42.3 Å². The van der Waals surface area contributed by atoms with Crippen molar-refractivity contribution in [2.24, 2.45) is 11.0 Å². The van der Waals surface area contributed by atoms with E-state index in [1.807, 2.05) is 0 Å². The molecule has 9 heteroatoms. The molecule has 0 spiro atoms. The number of benzene rings is 1. The van der Waals surface area contributed by atoms with Gasteiger partial charge in [-0.05, 0) is 13.8 Å². The molecule has 0 unspecified atom stereocenters. The predicted molar refractivity (Wildman–Crippen MR) is 88.0 cm³/mol. The number of nitro benzene ring substituents is 1. The van der Waals surface area contributed by atoms with Crippen LogP contribution in [0.3, 0.4) is 0 Å². The van der Waals surface area contributed by atoms with Crippen LogP contribution in [0.15, 0.2) is 29.4 Å². The molecule has 134 valence electrons. The highest BCUT2D eigenvalue weighted by Gasteiger charge is 2.46. The van der Waals surface area contributed by atoms with E-state index in [2.05, 4.69) is 10.5 Å². The maximum atomic E-state index is 12.3. The Balaban J connectivity index is 2.64. The second kappa shape index (κ2) is 7.73. The van der Waals surface area contributed by atoms with E-state index in [1.165, 1.54) is 25.3 Å². The van der Waals surface area contributed by atoms with Crippen molar-refractivity contribution in [3.8, 4) is 0 Å². The molecule has 25 heavy (non-hydrogen) atoms. The van der Waals surface area contributed by atoms with Gasteiger partial charge in [-0.2, -0.15) is 5.10 Å². The number of hydrazone groups is 1. The largest absolute Gasteiger partial charge is 0.469 e. The van der Waals surface area contributed by atoms with E-state index in [0.717, 1.165) is 0 Å². The number of methoxy groups -OCH3 is 1. The van der Waals surface area contributed by atoms with Gasteiger partial charge in [0.1, 0.15) is 0 Å². The quantitative estimate of drug-likeness (QED) is 0.484. The lowest BCUT2D eigenvalue weighted by Crippen LogP contribution is -2.49. The Labute approximate surface area is 144 Å². The average molecular weight is 349 g/mol. The monoisotopic (exact) mass is 349 g/mol. The molecule has 1 heterocycles. The minimum Gasteiger partial charge on any atom is -0.469 e. The minimum atomic E-state index is -0.954. The molecular weight excluding hydrogens is 330 g/mol. The first-order valence-electron chi connectivity index (χ1n) is 7.73. The minimum absolute atomic E-state index is 0.0929. The number of hydrogen-bond donors (Lipinski definition) is 1. The predicted octanol–water partition coefficient (Wildman–Crippen LogP) is 1.38. The van der Waals surface area contributed by atoms with E-state index < -0.39 is 34.7 Å². The molecule has 0 radical (unpaired) electrons. The molecule has 0 fully saturated rings. The molecular formula is C16H19N3O6. The first-order valence-corrected chi connectivity index (χ1v) is 7.73. The fraction of sp³-hybridized carbons (Fsp3) is 0.438. The van der Waals surface area contributed by atoms with Crippen LogP contribution >= 0.6 is 0 Å². The Kier molecular flexibility index (Phi) is 5.68. The van der Waals surface area contributed by atoms with Crippen LogP contribution in [0, 0.1) is 16.0 Å². The van der Waals surface area contributed by atoms with Crippen molar-refractivity contribution in [3.05, 3.63) is 39.9 Å². The summed E-state index contributed by atoms with van der Waals surface area (Å²) in [6.07, 6.45) is 0. The third-order valence-electron chi connectivity index (χ3n) is 4.01. The topological polar surface area (TPSA) is 120 Å². The van der Waals surface area contributed by atoms with Crippen molar-refractivity contribution in [1.29, 1.82) is 0 Å². The number of para-hydroxylation sites is 1. The molecule has 1 N–H and O–H groups in total. The van der Waals surface area contributed by atoms with Gasteiger partial charge in [0.15, 0.2) is 5.71 Å². The van der Waals surface area contributed by atoms with Gasteiger partial charge < -0.3 is 14.9 Å². The van der Waals surface area contributed by atoms with Crippen molar-refractivity contribution in [2.45, 2.75) is 25.8 Å². The van der Waals surface area contributed by atoms with Crippen LogP contribution in [0.4, 0.5) is 5.69 Å². The molecule has 3 atom stereocenters. The first kappa shape index (κ1) is 18.4. The summed E-state index contributed by atoms with van der Waals surface area (Å²) >= 11 is 0. The summed E-state index contributed by atoms with van der Waals surface area (Å²) in [4.78, 5) is 35.5. The van der Waals surface area contributed by atoms with E-state index in [4.69, 9.17) is 9.47 Å². The number of esters is 2. The summed E-state index contributed by atoms with van der Waals surface area (Å²) in [5.41, 5.74) is 2.62. The number of nitro groups is 1. The zero-order chi connectivity index (χ0) is 18.6. The normalized spacial score (nSPS) is 22.4. The number of hydrogen-bond acceptors (Lipinski definition) is 8. The van der Waals surface area contributed by atoms with Gasteiger partial charge in [-0.25, -0.2) is 4.79 Å². The molecule has 0 amide bonds. The third kappa shape index (κ3) is 3.59. The number of carbonyl (C=O) groups excluding carboxylic acids is 2. The number of nitrogens with one attached hydrogen (secondary N) is 1. The van der Waals surface area contributed by atoms with Crippen LogP contribution in [0.1, 0.15) is 25.3 Å². The standard InChI is InChI=1S/C16H19N3O6/c1-4-25-16(21)14-13(10-7-5-6-8-11(10)19(22)23)12(15(20)24-3)9(2)17-18-14/h5-9,12-13,17H,4H2,1-3H3/t9-,12-,13+/m1/s1. The second-order valence-electron chi connectivity index (χ2n) is 5.48. The second-order valence-corrected chi connectivity index (χ2v) is 5.48. The zero-order valence-electron chi connectivity index (χ0n) is 14.1. The van der Waals surface area contributed by atoms with E-state index in [0.29, 0.717) is 0 Å². The average Bonchev–Trinajstić information content (AvgIpc) is 2.60. The van der Waals surface area contributed by atoms with Crippen molar-refractivity contribution >= 4 is 23.3 Å². The van der Waals surface area contributed by atoms with E-state index in [9.17, 15) is 19.7 Å². The van der Waals surface area contributed by atoms with Gasteiger partial charge in [-0.3, -0.25) is 14.9 Å². The smallest absolute Gasteiger partial charge is 0.355 e. The van der Waals surface area contributed by atoms with Gasteiger partial charge in [0.25, 0.3) is 5.69 Å². The van der Waals surface area contributed by atoms with Gasteiger partial charge >= 0.3 is 11.9 Å². The summed E-state index contributed by atoms with van der Waals surface area (Å²) in [7, 11) is 1.22. The van der Waals surface area contributed by atoms with Gasteiger partial charge in [0.2, 0.25) is 0 Å². The van der Waals surface area contributed by atoms with Gasteiger partial charge in [0.05, 0.1) is 36.5 Å². The Morgan fingerprint density at radius 3 is 2.64 bits per heavy atom. The number of rotatable bonds is 5. The summed E-state index contributed by atoms with van der Waals surface area (Å²) < 4.78 is 9.84. The maximum Gasteiger partial charge on any atom is 0.355 e. The van der Waals surface area contributed by atoms with E-state index in [1.54, 1.807) is 19.9 Å². The lowest BCUT2D eigenvalue weighted by molar-refractivity contribution is -0.385. The van der Waals surface area contributed by atoms with Crippen LogP contribution in [0.25, 0.3) is 0 Å². The molecule has 2 rings (SSSR count).